The monoisotopic (exact) mass is 556 g/mol. The molecule has 6 rings (SSSR count). The highest BCUT2D eigenvalue weighted by Crippen LogP contribution is 2.35. The SMILES string of the molecule is Nc1nccc2c1c(-c1ccc(CNS(=O)(=O)c3ccc4ccccc4c3)cc1)nn2[C@@H]1CCCN(C(=O)O)C1. The lowest BCUT2D eigenvalue weighted by atomic mass is 10.1. The smallest absolute Gasteiger partial charge is 0.407 e. The Morgan fingerprint density at radius 3 is 2.60 bits per heavy atom. The molecule has 0 spiro atoms. The van der Waals surface area contributed by atoms with Gasteiger partial charge in [0.25, 0.3) is 0 Å². The molecule has 1 fully saturated rings. The summed E-state index contributed by atoms with van der Waals surface area (Å²) in [5.41, 5.74) is 9.32. The normalized spacial score (nSPS) is 16.0. The zero-order valence-corrected chi connectivity index (χ0v) is 22.4. The zero-order chi connectivity index (χ0) is 27.9. The molecule has 204 valence electrons. The van der Waals surface area contributed by atoms with E-state index in [2.05, 4.69) is 9.71 Å². The van der Waals surface area contributed by atoms with E-state index >= 15 is 0 Å². The van der Waals surface area contributed by atoms with Crippen molar-refractivity contribution >= 4 is 43.6 Å². The predicted molar refractivity (Wildman–Crippen MR) is 153 cm³/mol. The van der Waals surface area contributed by atoms with Crippen molar-refractivity contribution in [1.29, 1.82) is 0 Å². The van der Waals surface area contributed by atoms with Crippen LogP contribution in [-0.2, 0) is 16.6 Å². The van der Waals surface area contributed by atoms with Crippen LogP contribution in [0.1, 0.15) is 24.4 Å². The van der Waals surface area contributed by atoms with Crippen molar-refractivity contribution in [3.8, 4) is 11.3 Å². The largest absolute Gasteiger partial charge is 0.465 e. The fourth-order valence-electron chi connectivity index (χ4n) is 5.30. The fourth-order valence-corrected chi connectivity index (χ4v) is 6.35. The van der Waals surface area contributed by atoms with Crippen molar-refractivity contribution in [1.82, 2.24) is 24.4 Å². The number of benzene rings is 3. The maximum absolute atomic E-state index is 13.0. The average molecular weight is 557 g/mol. The molecule has 40 heavy (non-hydrogen) atoms. The van der Waals surface area contributed by atoms with Gasteiger partial charge in [0, 0.05) is 31.4 Å². The molecule has 0 saturated carbocycles. The second-order valence-electron chi connectivity index (χ2n) is 9.94. The van der Waals surface area contributed by atoms with E-state index in [1.54, 1.807) is 24.4 Å². The molecule has 3 heterocycles. The highest BCUT2D eigenvalue weighted by atomic mass is 32.2. The number of nitrogens with zero attached hydrogens (tertiary/aromatic N) is 4. The number of sulfonamides is 1. The van der Waals surface area contributed by atoms with Gasteiger partial charge in [0.15, 0.2) is 0 Å². The number of hydrogen-bond donors (Lipinski definition) is 3. The summed E-state index contributed by atoms with van der Waals surface area (Å²) < 4.78 is 30.5. The van der Waals surface area contributed by atoms with Crippen LogP contribution in [0.2, 0.25) is 0 Å². The number of nitrogen functional groups attached to an aromatic ring is 1. The number of hydrogen-bond acceptors (Lipinski definition) is 6. The Hall–Kier alpha value is -4.48. The van der Waals surface area contributed by atoms with E-state index < -0.39 is 16.1 Å². The average Bonchev–Trinajstić information content (AvgIpc) is 3.37. The standard InChI is InChI=1S/C29H28N6O4S/c30-28-26-25(13-14-31-28)35(23-6-3-15-34(18-23)29(36)37)33-27(26)21-9-7-19(8-10-21)17-32-40(38,39)24-12-11-20-4-1-2-5-22(20)16-24/h1-2,4-5,7-14,16,23,32H,3,6,15,17-18H2,(H2,30,31)(H,36,37)/t23-/m1/s1. The molecule has 0 unspecified atom stereocenters. The lowest BCUT2D eigenvalue weighted by Gasteiger charge is -2.31. The lowest BCUT2D eigenvalue weighted by molar-refractivity contribution is 0.120. The summed E-state index contributed by atoms with van der Waals surface area (Å²) in [5.74, 6) is 0.344. The number of aromatic nitrogens is 3. The fraction of sp³-hybridized carbons (Fsp3) is 0.207. The van der Waals surface area contributed by atoms with E-state index in [1.807, 2.05) is 59.3 Å². The molecule has 11 heteroatoms. The molecule has 10 nitrogen and oxygen atoms in total. The van der Waals surface area contributed by atoms with Crippen molar-refractivity contribution in [2.24, 2.45) is 0 Å². The van der Waals surface area contributed by atoms with E-state index in [0.29, 0.717) is 30.0 Å². The van der Waals surface area contributed by atoms with E-state index in [-0.39, 0.29) is 17.5 Å². The Balaban J connectivity index is 1.25. The summed E-state index contributed by atoms with van der Waals surface area (Å²) >= 11 is 0. The lowest BCUT2D eigenvalue weighted by Crippen LogP contribution is -2.40. The Morgan fingerprint density at radius 1 is 1.05 bits per heavy atom. The second-order valence-corrected chi connectivity index (χ2v) is 11.7. The van der Waals surface area contributed by atoms with Crippen molar-refractivity contribution in [2.75, 3.05) is 18.8 Å². The van der Waals surface area contributed by atoms with E-state index in [0.717, 1.165) is 40.3 Å². The molecule has 1 amide bonds. The van der Waals surface area contributed by atoms with Crippen LogP contribution in [0.5, 0.6) is 0 Å². The maximum Gasteiger partial charge on any atom is 0.407 e. The van der Waals surface area contributed by atoms with Gasteiger partial charge in [0.1, 0.15) is 11.5 Å². The zero-order valence-electron chi connectivity index (χ0n) is 21.6. The number of pyridine rings is 1. The molecule has 5 aromatic rings. The van der Waals surface area contributed by atoms with Crippen LogP contribution in [0.25, 0.3) is 32.9 Å². The summed E-state index contributed by atoms with van der Waals surface area (Å²) in [6, 6.07) is 21.9. The number of carbonyl (C=O) groups is 1. The van der Waals surface area contributed by atoms with Gasteiger partial charge in [-0.3, -0.25) is 4.68 Å². The number of piperidine rings is 1. The van der Waals surface area contributed by atoms with Crippen LogP contribution < -0.4 is 10.5 Å². The van der Waals surface area contributed by atoms with Gasteiger partial charge in [-0.2, -0.15) is 5.10 Å². The van der Waals surface area contributed by atoms with Gasteiger partial charge in [-0.05, 0) is 47.4 Å². The number of anilines is 1. The number of likely N-dealkylation sites (tertiary alicyclic amines) is 1. The highest BCUT2D eigenvalue weighted by molar-refractivity contribution is 7.89. The molecular formula is C29H28N6O4S. The Morgan fingerprint density at radius 2 is 1.82 bits per heavy atom. The van der Waals surface area contributed by atoms with E-state index in [4.69, 9.17) is 10.8 Å². The molecule has 1 atom stereocenters. The maximum atomic E-state index is 13.0. The van der Waals surface area contributed by atoms with Crippen molar-refractivity contribution in [3.63, 3.8) is 0 Å². The first-order valence-electron chi connectivity index (χ1n) is 13.0. The molecule has 0 radical (unpaired) electrons. The first-order valence-corrected chi connectivity index (χ1v) is 14.5. The third-order valence-electron chi connectivity index (χ3n) is 7.39. The van der Waals surface area contributed by atoms with Crippen LogP contribution in [0.3, 0.4) is 0 Å². The highest BCUT2D eigenvalue weighted by Gasteiger charge is 2.28. The van der Waals surface area contributed by atoms with Gasteiger partial charge in [-0.15, -0.1) is 0 Å². The summed E-state index contributed by atoms with van der Waals surface area (Å²) in [7, 11) is -3.70. The molecule has 0 aliphatic carbocycles. The Kier molecular flexibility index (Phi) is 6.60. The van der Waals surface area contributed by atoms with Crippen LogP contribution in [0, 0.1) is 0 Å². The van der Waals surface area contributed by atoms with Crippen molar-refractivity contribution in [2.45, 2.75) is 30.3 Å². The molecule has 2 aromatic heterocycles. The minimum absolute atomic E-state index is 0.119. The molecule has 4 N–H and O–H groups in total. The van der Waals surface area contributed by atoms with Gasteiger partial charge in [0.2, 0.25) is 10.0 Å². The third kappa shape index (κ3) is 4.85. The predicted octanol–water partition coefficient (Wildman–Crippen LogP) is 4.63. The van der Waals surface area contributed by atoms with Gasteiger partial charge in [0.05, 0.1) is 21.8 Å². The Labute approximate surface area is 231 Å². The van der Waals surface area contributed by atoms with Crippen LogP contribution in [0.15, 0.2) is 83.9 Å². The summed E-state index contributed by atoms with van der Waals surface area (Å²) in [4.78, 5) is 17.5. The van der Waals surface area contributed by atoms with Crippen molar-refractivity contribution in [3.05, 3.63) is 84.6 Å². The summed E-state index contributed by atoms with van der Waals surface area (Å²) in [6.07, 6.45) is 2.24. The molecule has 3 aromatic carbocycles. The summed E-state index contributed by atoms with van der Waals surface area (Å²) in [5, 5.41) is 16.9. The van der Waals surface area contributed by atoms with E-state index in [9.17, 15) is 18.3 Å². The van der Waals surface area contributed by atoms with Crippen LogP contribution in [-0.4, -0.2) is 52.4 Å². The van der Waals surface area contributed by atoms with E-state index in [1.165, 1.54) is 4.90 Å². The molecular weight excluding hydrogens is 528 g/mol. The number of amides is 1. The first kappa shape index (κ1) is 25.8. The minimum atomic E-state index is -3.70. The van der Waals surface area contributed by atoms with Crippen LogP contribution in [0.4, 0.5) is 10.6 Å². The van der Waals surface area contributed by atoms with Crippen LogP contribution >= 0.6 is 0 Å². The second kappa shape index (κ2) is 10.2. The summed E-state index contributed by atoms with van der Waals surface area (Å²) in [6.45, 7) is 0.985. The topological polar surface area (TPSA) is 143 Å². The first-order chi connectivity index (χ1) is 19.3. The minimum Gasteiger partial charge on any atom is -0.465 e. The van der Waals surface area contributed by atoms with Gasteiger partial charge in [-0.1, -0.05) is 54.6 Å². The number of fused-ring (bicyclic) bond motifs is 2. The van der Waals surface area contributed by atoms with Gasteiger partial charge in [-0.25, -0.2) is 22.9 Å². The number of nitrogens with two attached hydrogens (primary N) is 1. The van der Waals surface area contributed by atoms with Crippen molar-refractivity contribution < 1.29 is 18.3 Å². The molecule has 0 bridgehead atoms. The van der Waals surface area contributed by atoms with Gasteiger partial charge >= 0.3 is 6.09 Å². The molecule has 1 aliphatic heterocycles. The molecule has 1 saturated heterocycles. The van der Waals surface area contributed by atoms with Gasteiger partial charge < -0.3 is 15.7 Å². The Bertz CT molecular complexity index is 1840. The number of carboxylic acid groups (broad SMARTS) is 1. The number of nitrogens with one attached hydrogen (secondary N) is 1. The quantitative estimate of drug-likeness (QED) is 0.277. The third-order valence-corrected chi connectivity index (χ3v) is 8.79. The number of rotatable bonds is 6. The molecule has 1 aliphatic rings.